The van der Waals surface area contributed by atoms with Crippen molar-refractivity contribution in [1.29, 1.82) is 0 Å². The topological polar surface area (TPSA) is 87.0 Å². The van der Waals surface area contributed by atoms with Crippen LogP contribution in [0.2, 0.25) is 0 Å². The molecule has 1 aliphatic rings. The van der Waals surface area contributed by atoms with E-state index in [2.05, 4.69) is 39.7 Å². The molecule has 2 unspecified atom stereocenters. The van der Waals surface area contributed by atoms with Crippen LogP contribution in [0.15, 0.2) is 17.4 Å². The number of rotatable bonds is 5. The minimum absolute atomic E-state index is 0.138. The summed E-state index contributed by atoms with van der Waals surface area (Å²) in [6.07, 6.45) is 5.59. The molecule has 1 fully saturated rings. The van der Waals surface area contributed by atoms with E-state index in [1.807, 2.05) is 44.9 Å². The van der Waals surface area contributed by atoms with Gasteiger partial charge in [0.25, 0.3) is 0 Å². The summed E-state index contributed by atoms with van der Waals surface area (Å²) >= 11 is 0. The molecule has 9 heteroatoms. The van der Waals surface area contributed by atoms with Crippen LogP contribution in [0.1, 0.15) is 45.2 Å². The molecule has 29 heavy (non-hydrogen) atoms. The quantitative estimate of drug-likeness (QED) is 0.569. The fourth-order valence-corrected chi connectivity index (χ4v) is 3.38. The van der Waals surface area contributed by atoms with Gasteiger partial charge in [0.1, 0.15) is 5.60 Å². The number of aryl methyl sites for hydroxylation is 1. The molecular formula is C20H37N7O2. The lowest BCUT2D eigenvalue weighted by atomic mass is 10.1. The van der Waals surface area contributed by atoms with Gasteiger partial charge >= 0.3 is 6.09 Å². The second-order valence-electron chi connectivity index (χ2n) is 8.79. The fraction of sp³-hybridized carbons (Fsp3) is 0.750. The highest BCUT2D eigenvalue weighted by Gasteiger charge is 2.28. The number of likely N-dealkylation sites (tertiary alicyclic amines) is 1. The van der Waals surface area contributed by atoms with E-state index in [1.165, 1.54) is 0 Å². The van der Waals surface area contributed by atoms with Crippen molar-refractivity contribution in [2.24, 2.45) is 12.0 Å². The Labute approximate surface area is 174 Å². The molecule has 0 bridgehead atoms. The highest BCUT2D eigenvalue weighted by atomic mass is 16.6. The van der Waals surface area contributed by atoms with Crippen LogP contribution in [0.25, 0.3) is 0 Å². The third-order valence-electron chi connectivity index (χ3n) is 4.83. The Kier molecular flexibility index (Phi) is 7.89. The Hall–Kier alpha value is -2.29. The van der Waals surface area contributed by atoms with Gasteiger partial charge in [0, 0.05) is 51.5 Å². The van der Waals surface area contributed by atoms with Crippen molar-refractivity contribution in [1.82, 2.24) is 30.2 Å². The van der Waals surface area contributed by atoms with Crippen molar-refractivity contribution in [3.8, 4) is 0 Å². The van der Waals surface area contributed by atoms with Crippen LogP contribution < -0.4 is 10.6 Å². The molecule has 2 rings (SSSR count). The zero-order chi connectivity index (χ0) is 21.6. The molecule has 1 saturated heterocycles. The smallest absolute Gasteiger partial charge is 0.410 e. The summed E-state index contributed by atoms with van der Waals surface area (Å²) in [6.45, 7) is 7.69. The van der Waals surface area contributed by atoms with Gasteiger partial charge < -0.3 is 25.2 Å². The number of nitrogens with one attached hydrogen (secondary N) is 2. The highest BCUT2D eigenvalue weighted by molar-refractivity contribution is 5.80. The van der Waals surface area contributed by atoms with Crippen molar-refractivity contribution in [3.63, 3.8) is 0 Å². The van der Waals surface area contributed by atoms with Gasteiger partial charge in [-0.1, -0.05) is 0 Å². The van der Waals surface area contributed by atoms with E-state index in [0.717, 1.165) is 30.9 Å². The van der Waals surface area contributed by atoms with Crippen LogP contribution in [-0.4, -0.2) is 84.1 Å². The van der Waals surface area contributed by atoms with E-state index in [0.29, 0.717) is 13.1 Å². The van der Waals surface area contributed by atoms with E-state index in [4.69, 9.17) is 4.74 Å². The number of hydrogen-bond donors (Lipinski definition) is 2. The maximum Gasteiger partial charge on any atom is 0.410 e. The van der Waals surface area contributed by atoms with E-state index < -0.39 is 5.60 Å². The molecule has 164 valence electrons. The third-order valence-corrected chi connectivity index (χ3v) is 4.83. The van der Waals surface area contributed by atoms with Crippen LogP contribution in [0.4, 0.5) is 4.79 Å². The number of aromatic nitrogens is 2. The number of guanidine groups is 1. The molecule has 1 aromatic heterocycles. The monoisotopic (exact) mass is 407 g/mol. The molecule has 1 aliphatic heterocycles. The predicted molar refractivity (Wildman–Crippen MR) is 115 cm³/mol. The summed E-state index contributed by atoms with van der Waals surface area (Å²) in [4.78, 5) is 20.7. The third kappa shape index (κ3) is 7.23. The minimum Gasteiger partial charge on any atom is -0.444 e. The molecular weight excluding hydrogens is 370 g/mol. The Morgan fingerprint density at radius 3 is 2.72 bits per heavy atom. The van der Waals surface area contributed by atoms with Crippen molar-refractivity contribution in [3.05, 3.63) is 18.0 Å². The number of carbonyl (C=O) groups is 1. The van der Waals surface area contributed by atoms with Gasteiger partial charge in [-0.15, -0.1) is 0 Å². The molecule has 0 aliphatic carbocycles. The zero-order valence-electron chi connectivity index (χ0n) is 18.9. The Morgan fingerprint density at radius 2 is 2.17 bits per heavy atom. The number of amides is 1. The Balaban J connectivity index is 1.91. The lowest BCUT2D eigenvalue weighted by Gasteiger charge is -2.35. The highest BCUT2D eigenvalue weighted by Crippen LogP contribution is 2.17. The standard InChI is InChI=1S/C20H37N7O2/c1-20(2,3)29-19(28)27-10-8-9-16(14-27)24-18(21-4)22-12-17(25(5)6)15-11-23-26(7)13-15/h11,13,16-17H,8-10,12,14H2,1-7H3,(H2,21,22,24). The molecule has 0 radical (unpaired) electrons. The van der Waals surface area contributed by atoms with Gasteiger partial charge in [-0.3, -0.25) is 9.67 Å². The number of carbonyl (C=O) groups excluding carboxylic acids is 1. The average molecular weight is 408 g/mol. The average Bonchev–Trinajstić information content (AvgIpc) is 3.05. The van der Waals surface area contributed by atoms with Crippen LogP contribution in [0.5, 0.6) is 0 Å². The van der Waals surface area contributed by atoms with Crippen molar-refractivity contribution in [2.75, 3.05) is 40.8 Å². The lowest BCUT2D eigenvalue weighted by molar-refractivity contribution is 0.0193. The first-order valence-corrected chi connectivity index (χ1v) is 10.2. The number of hydrogen-bond acceptors (Lipinski definition) is 5. The molecule has 0 spiro atoms. The SMILES string of the molecule is CN=C(NCC(c1cnn(C)c1)N(C)C)NC1CCCN(C(=O)OC(C)(C)C)C1. The summed E-state index contributed by atoms with van der Waals surface area (Å²) in [6, 6.07) is 0.311. The van der Waals surface area contributed by atoms with Crippen LogP contribution in [0.3, 0.4) is 0 Å². The number of piperidine rings is 1. The second kappa shape index (κ2) is 9.96. The summed E-state index contributed by atoms with van der Waals surface area (Å²) in [5.74, 6) is 0.733. The van der Waals surface area contributed by atoms with E-state index in [1.54, 1.807) is 11.9 Å². The van der Waals surface area contributed by atoms with E-state index >= 15 is 0 Å². The van der Waals surface area contributed by atoms with E-state index in [-0.39, 0.29) is 18.2 Å². The Morgan fingerprint density at radius 1 is 1.45 bits per heavy atom. The van der Waals surface area contributed by atoms with Gasteiger partial charge in [-0.2, -0.15) is 5.10 Å². The van der Waals surface area contributed by atoms with Gasteiger partial charge in [-0.25, -0.2) is 4.79 Å². The maximum atomic E-state index is 12.4. The predicted octanol–water partition coefficient (Wildman–Crippen LogP) is 1.59. The number of likely N-dealkylation sites (N-methyl/N-ethyl adjacent to an activating group) is 1. The lowest BCUT2D eigenvalue weighted by Crippen LogP contribution is -2.53. The second-order valence-corrected chi connectivity index (χ2v) is 8.79. The normalized spacial score (nSPS) is 19.2. The molecule has 9 nitrogen and oxygen atoms in total. The summed E-state index contributed by atoms with van der Waals surface area (Å²) in [7, 11) is 7.78. The van der Waals surface area contributed by atoms with Crippen LogP contribution in [-0.2, 0) is 11.8 Å². The molecule has 0 saturated carbocycles. The first kappa shape index (κ1) is 23.0. The molecule has 2 atom stereocenters. The van der Waals surface area contributed by atoms with Gasteiger partial charge in [-0.05, 0) is 47.7 Å². The number of ether oxygens (including phenoxy) is 1. The first-order chi connectivity index (χ1) is 13.6. The summed E-state index contributed by atoms with van der Waals surface area (Å²) in [5.41, 5.74) is 0.664. The maximum absolute atomic E-state index is 12.4. The van der Waals surface area contributed by atoms with Gasteiger partial charge in [0.2, 0.25) is 0 Å². The number of nitrogens with zero attached hydrogens (tertiary/aromatic N) is 5. The Bertz CT molecular complexity index is 693. The van der Waals surface area contributed by atoms with Crippen molar-refractivity contribution in [2.45, 2.75) is 51.3 Å². The van der Waals surface area contributed by atoms with Crippen LogP contribution in [0, 0.1) is 0 Å². The largest absolute Gasteiger partial charge is 0.444 e. The summed E-state index contributed by atoms with van der Waals surface area (Å²) < 4.78 is 7.32. The molecule has 0 aromatic carbocycles. The van der Waals surface area contributed by atoms with Gasteiger partial charge in [0.05, 0.1) is 12.2 Å². The van der Waals surface area contributed by atoms with Gasteiger partial charge in [0.15, 0.2) is 5.96 Å². The molecule has 1 amide bonds. The first-order valence-electron chi connectivity index (χ1n) is 10.2. The van der Waals surface area contributed by atoms with E-state index in [9.17, 15) is 4.79 Å². The number of aliphatic imine (C=N–C) groups is 1. The fourth-order valence-electron chi connectivity index (χ4n) is 3.38. The van der Waals surface area contributed by atoms with Crippen molar-refractivity contribution >= 4 is 12.1 Å². The minimum atomic E-state index is -0.484. The van der Waals surface area contributed by atoms with Crippen LogP contribution >= 0.6 is 0 Å². The molecule has 2 heterocycles. The van der Waals surface area contributed by atoms with Crippen molar-refractivity contribution < 1.29 is 9.53 Å². The zero-order valence-corrected chi connectivity index (χ0v) is 18.9. The molecule has 2 N–H and O–H groups in total. The summed E-state index contributed by atoms with van der Waals surface area (Å²) in [5, 5.41) is 11.1. The molecule has 1 aromatic rings.